The maximum absolute atomic E-state index is 12.0. The third kappa shape index (κ3) is 4.02. The second kappa shape index (κ2) is 7.43. The Bertz CT molecular complexity index is 767. The molecular formula is C15H18N6O3S. The molecule has 0 radical (unpaired) electrons. The number of aromatic nitrogens is 3. The molecule has 1 aliphatic rings. The predicted molar refractivity (Wildman–Crippen MR) is 94.1 cm³/mol. The predicted octanol–water partition coefficient (Wildman–Crippen LogP) is 1.46. The Morgan fingerprint density at radius 3 is 3.08 bits per heavy atom. The lowest BCUT2D eigenvalue weighted by atomic mass is 10.2. The first-order valence-corrected chi connectivity index (χ1v) is 8.64. The molecule has 10 heteroatoms. The van der Waals surface area contributed by atoms with Crippen LogP contribution in [-0.4, -0.2) is 52.6 Å². The number of H-pyrrole nitrogens is 1. The van der Waals surface area contributed by atoms with Crippen molar-refractivity contribution in [1.82, 2.24) is 20.5 Å². The maximum Gasteiger partial charge on any atom is 0.319 e. The minimum absolute atomic E-state index is 0.126. The van der Waals surface area contributed by atoms with Crippen LogP contribution in [0.4, 0.5) is 16.2 Å². The van der Waals surface area contributed by atoms with Crippen molar-refractivity contribution in [1.29, 1.82) is 0 Å². The standard InChI is InChI=1S/C15H18N6O3S/c1-9-13(22)21(2)11-7-10(3-4-12(11)24-9)19-14(23)16-5-6-25-15-17-8-18-20-15/h3-4,7-9H,5-6H2,1-2H3,(H2,16,19,23)(H,17,18,20)/t9-/m1/s1. The zero-order valence-electron chi connectivity index (χ0n) is 13.8. The fourth-order valence-electron chi connectivity index (χ4n) is 2.34. The Labute approximate surface area is 148 Å². The quantitative estimate of drug-likeness (QED) is 0.548. The monoisotopic (exact) mass is 362 g/mol. The summed E-state index contributed by atoms with van der Waals surface area (Å²) in [6.45, 7) is 2.18. The van der Waals surface area contributed by atoms with E-state index in [2.05, 4.69) is 25.8 Å². The number of fused-ring (bicyclic) bond motifs is 1. The number of amides is 3. The van der Waals surface area contributed by atoms with E-state index in [4.69, 9.17) is 4.74 Å². The van der Waals surface area contributed by atoms with Crippen LogP contribution in [0.3, 0.4) is 0 Å². The number of benzene rings is 1. The number of likely N-dealkylation sites (N-methyl/N-ethyl adjacent to an activating group) is 1. The second-order valence-corrected chi connectivity index (χ2v) is 6.44. The molecule has 0 saturated heterocycles. The molecule has 0 spiro atoms. The van der Waals surface area contributed by atoms with E-state index in [-0.39, 0.29) is 11.9 Å². The van der Waals surface area contributed by atoms with E-state index >= 15 is 0 Å². The van der Waals surface area contributed by atoms with Gasteiger partial charge in [0.25, 0.3) is 5.91 Å². The van der Waals surface area contributed by atoms with E-state index in [9.17, 15) is 9.59 Å². The van der Waals surface area contributed by atoms with Gasteiger partial charge in [0, 0.05) is 25.0 Å². The summed E-state index contributed by atoms with van der Waals surface area (Å²) >= 11 is 1.46. The van der Waals surface area contributed by atoms with Gasteiger partial charge >= 0.3 is 6.03 Å². The highest BCUT2D eigenvalue weighted by molar-refractivity contribution is 7.99. The van der Waals surface area contributed by atoms with Crippen molar-refractivity contribution >= 4 is 35.1 Å². The molecule has 3 rings (SSSR count). The number of carbonyl (C=O) groups excluding carboxylic acids is 2. The molecule has 132 valence electrons. The van der Waals surface area contributed by atoms with Gasteiger partial charge in [0.2, 0.25) is 0 Å². The third-order valence-electron chi connectivity index (χ3n) is 3.58. The first kappa shape index (κ1) is 17.1. The van der Waals surface area contributed by atoms with Gasteiger partial charge in [-0.2, -0.15) is 5.10 Å². The summed E-state index contributed by atoms with van der Waals surface area (Å²) in [6.07, 6.45) is 0.923. The molecule has 3 amide bonds. The Kier molecular flexibility index (Phi) is 5.08. The highest BCUT2D eigenvalue weighted by Crippen LogP contribution is 2.35. The number of nitrogens with one attached hydrogen (secondary N) is 3. The van der Waals surface area contributed by atoms with Crippen molar-refractivity contribution in [3.63, 3.8) is 0 Å². The molecule has 25 heavy (non-hydrogen) atoms. The first-order valence-electron chi connectivity index (χ1n) is 7.66. The summed E-state index contributed by atoms with van der Waals surface area (Å²) in [6, 6.07) is 4.86. The molecule has 0 bridgehead atoms. The second-order valence-electron chi connectivity index (χ2n) is 5.36. The average molecular weight is 362 g/mol. The van der Waals surface area contributed by atoms with E-state index in [1.165, 1.54) is 23.0 Å². The number of hydrogen-bond donors (Lipinski definition) is 3. The molecule has 9 nitrogen and oxygen atoms in total. The molecule has 0 aliphatic carbocycles. The molecule has 1 aromatic carbocycles. The topological polar surface area (TPSA) is 112 Å². The van der Waals surface area contributed by atoms with Gasteiger partial charge in [-0.15, -0.1) is 0 Å². The lowest BCUT2D eigenvalue weighted by Crippen LogP contribution is -2.42. The van der Waals surface area contributed by atoms with Crippen LogP contribution in [0.25, 0.3) is 0 Å². The molecule has 2 heterocycles. The van der Waals surface area contributed by atoms with Gasteiger partial charge in [-0.05, 0) is 25.1 Å². The van der Waals surface area contributed by atoms with Crippen LogP contribution in [-0.2, 0) is 4.79 Å². The SMILES string of the molecule is C[C@H]1Oc2ccc(NC(=O)NCCSc3ncn[nH]3)cc2N(C)C1=O. The van der Waals surface area contributed by atoms with E-state index in [0.29, 0.717) is 34.6 Å². The lowest BCUT2D eigenvalue weighted by Gasteiger charge is -2.30. The molecule has 0 unspecified atom stereocenters. The van der Waals surface area contributed by atoms with Gasteiger partial charge in [-0.1, -0.05) is 11.8 Å². The lowest BCUT2D eigenvalue weighted by molar-refractivity contribution is -0.125. The van der Waals surface area contributed by atoms with Crippen LogP contribution in [0.5, 0.6) is 5.75 Å². The molecule has 3 N–H and O–H groups in total. The number of carbonyl (C=O) groups is 2. The van der Waals surface area contributed by atoms with Gasteiger partial charge in [-0.3, -0.25) is 9.89 Å². The molecule has 0 fully saturated rings. The highest BCUT2D eigenvalue weighted by Gasteiger charge is 2.28. The van der Waals surface area contributed by atoms with Crippen molar-refractivity contribution in [3.05, 3.63) is 24.5 Å². The highest BCUT2D eigenvalue weighted by atomic mass is 32.2. The van der Waals surface area contributed by atoms with E-state index < -0.39 is 6.10 Å². The first-order chi connectivity index (χ1) is 12.0. The Balaban J connectivity index is 1.52. The van der Waals surface area contributed by atoms with Crippen molar-refractivity contribution in [2.75, 3.05) is 29.6 Å². The minimum Gasteiger partial charge on any atom is -0.479 e. The van der Waals surface area contributed by atoms with Gasteiger partial charge in [-0.25, -0.2) is 9.78 Å². The number of nitrogens with zero attached hydrogens (tertiary/aromatic N) is 3. The van der Waals surface area contributed by atoms with Crippen LogP contribution < -0.4 is 20.3 Å². The smallest absolute Gasteiger partial charge is 0.319 e. The number of hydrogen-bond acceptors (Lipinski definition) is 6. The molecule has 1 atom stereocenters. The van der Waals surface area contributed by atoms with Gasteiger partial charge in [0.05, 0.1) is 5.69 Å². The van der Waals surface area contributed by atoms with E-state index in [0.717, 1.165) is 0 Å². The summed E-state index contributed by atoms with van der Waals surface area (Å²) < 4.78 is 5.55. The number of aromatic amines is 1. The summed E-state index contributed by atoms with van der Waals surface area (Å²) in [5, 5.41) is 12.7. The summed E-state index contributed by atoms with van der Waals surface area (Å²) in [4.78, 5) is 29.5. The number of thioether (sulfide) groups is 1. The molecule has 1 aliphatic heterocycles. The number of ether oxygens (including phenoxy) is 1. The maximum atomic E-state index is 12.0. The van der Waals surface area contributed by atoms with Gasteiger partial charge in [0.15, 0.2) is 11.3 Å². The summed E-state index contributed by atoms with van der Waals surface area (Å²) in [5.41, 5.74) is 1.21. The Hall–Kier alpha value is -2.75. The molecular weight excluding hydrogens is 344 g/mol. The molecule has 1 aromatic heterocycles. The zero-order valence-corrected chi connectivity index (χ0v) is 14.6. The van der Waals surface area contributed by atoms with Crippen LogP contribution >= 0.6 is 11.8 Å². The fraction of sp³-hybridized carbons (Fsp3) is 0.333. The van der Waals surface area contributed by atoms with Gasteiger partial charge in [0.1, 0.15) is 12.1 Å². The summed E-state index contributed by atoms with van der Waals surface area (Å²) in [5.74, 6) is 1.15. The van der Waals surface area contributed by atoms with Crippen molar-refractivity contribution in [2.45, 2.75) is 18.2 Å². The summed E-state index contributed by atoms with van der Waals surface area (Å²) in [7, 11) is 1.69. The van der Waals surface area contributed by atoms with Crippen molar-refractivity contribution in [2.24, 2.45) is 0 Å². The zero-order chi connectivity index (χ0) is 17.8. The van der Waals surface area contributed by atoms with Crippen LogP contribution in [0, 0.1) is 0 Å². The minimum atomic E-state index is -0.513. The number of urea groups is 1. The van der Waals surface area contributed by atoms with Crippen molar-refractivity contribution < 1.29 is 14.3 Å². The molecule has 0 saturated carbocycles. The molecule has 2 aromatic rings. The van der Waals surface area contributed by atoms with E-state index in [1.807, 2.05) is 0 Å². The van der Waals surface area contributed by atoms with Gasteiger partial charge < -0.3 is 20.3 Å². The van der Waals surface area contributed by atoms with Crippen LogP contribution in [0.15, 0.2) is 29.7 Å². The number of rotatable bonds is 5. The Morgan fingerprint density at radius 2 is 2.32 bits per heavy atom. The van der Waals surface area contributed by atoms with Crippen molar-refractivity contribution in [3.8, 4) is 5.75 Å². The number of anilines is 2. The largest absolute Gasteiger partial charge is 0.479 e. The third-order valence-corrected chi connectivity index (χ3v) is 4.46. The Morgan fingerprint density at radius 1 is 1.48 bits per heavy atom. The van der Waals surface area contributed by atoms with Crippen LogP contribution in [0.1, 0.15) is 6.92 Å². The normalized spacial score (nSPS) is 16.2. The van der Waals surface area contributed by atoms with Crippen LogP contribution in [0.2, 0.25) is 0 Å². The fourth-order valence-corrected chi connectivity index (χ4v) is 2.98. The average Bonchev–Trinajstić information content (AvgIpc) is 3.11. The van der Waals surface area contributed by atoms with E-state index in [1.54, 1.807) is 32.2 Å².